The average Bonchev–Trinajstić information content (AvgIpc) is 3.02. The number of amides is 3. The van der Waals surface area contributed by atoms with E-state index in [1.165, 1.54) is 0 Å². The maximum atomic E-state index is 12.6. The monoisotopic (exact) mass is 417 g/mol. The van der Waals surface area contributed by atoms with Crippen molar-refractivity contribution >= 4 is 23.5 Å². The minimum Gasteiger partial charge on any atom is -0.491 e. The fourth-order valence-electron chi connectivity index (χ4n) is 3.23. The number of urea groups is 1. The lowest BCUT2D eigenvalue weighted by molar-refractivity contribution is -0.117. The number of aliphatic hydroxyl groups is 1. The molecule has 2 aromatic carbocycles. The zero-order valence-electron chi connectivity index (χ0n) is 16.0. The smallest absolute Gasteiger partial charge is 0.320 e. The third kappa shape index (κ3) is 5.85. The van der Waals surface area contributed by atoms with Gasteiger partial charge < -0.3 is 25.4 Å². The van der Waals surface area contributed by atoms with Gasteiger partial charge in [-0.3, -0.25) is 4.79 Å². The highest BCUT2D eigenvalue weighted by atomic mass is 35.5. The van der Waals surface area contributed by atoms with Gasteiger partial charge in [-0.15, -0.1) is 0 Å². The molecule has 7 nitrogen and oxygen atoms in total. The summed E-state index contributed by atoms with van der Waals surface area (Å²) in [5.74, 6) is 0.0486. The molecule has 3 N–H and O–H groups in total. The largest absolute Gasteiger partial charge is 0.491 e. The number of carbonyl (C=O) groups excluding carboxylic acids is 2. The van der Waals surface area contributed by atoms with Gasteiger partial charge in [-0.1, -0.05) is 41.9 Å². The Morgan fingerprint density at radius 3 is 2.55 bits per heavy atom. The molecule has 0 aliphatic carbocycles. The summed E-state index contributed by atoms with van der Waals surface area (Å²) in [5.41, 5.74) is 6.91. The predicted octanol–water partition coefficient (Wildman–Crippen LogP) is 2.05. The lowest BCUT2D eigenvalue weighted by Gasteiger charge is -2.22. The van der Waals surface area contributed by atoms with Gasteiger partial charge in [-0.2, -0.15) is 0 Å². The van der Waals surface area contributed by atoms with Gasteiger partial charge in [0.05, 0.1) is 13.0 Å². The van der Waals surface area contributed by atoms with Crippen molar-refractivity contribution in [3.05, 3.63) is 64.7 Å². The van der Waals surface area contributed by atoms with Crippen molar-refractivity contribution in [3.8, 4) is 5.75 Å². The third-order valence-electron chi connectivity index (χ3n) is 4.67. The van der Waals surface area contributed by atoms with Gasteiger partial charge in [0, 0.05) is 30.2 Å². The van der Waals surface area contributed by atoms with Crippen molar-refractivity contribution in [2.75, 3.05) is 26.2 Å². The SMILES string of the molecule is NC(=O)Cc1ccccc1OCC(O)CN1CCN(Cc2ccc(Cl)cc2)C1=O. The number of para-hydroxylation sites is 1. The number of hydrogen-bond acceptors (Lipinski definition) is 4. The van der Waals surface area contributed by atoms with E-state index in [0.29, 0.717) is 36.0 Å². The van der Waals surface area contributed by atoms with E-state index in [4.69, 9.17) is 22.1 Å². The Hall–Kier alpha value is -2.77. The minimum atomic E-state index is -0.851. The molecule has 1 saturated heterocycles. The fourth-order valence-corrected chi connectivity index (χ4v) is 3.36. The Morgan fingerprint density at radius 2 is 1.83 bits per heavy atom. The first-order valence-electron chi connectivity index (χ1n) is 9.37. The summed E-state index contributed by atoms with van der Waals surface area (Å²) in [5, 5.41) is 11.0. The molecule has 8 heteroatoms. The molecule has 1 heterocycles. The summed E-state index contributed by atoms with van der Waals surface area (Å²) < 4.78 is 5.66. The Labute approximate surface area is 174 Å². The second kappa shape index (κ2) is 9.62. The number of rotatable bonds is 9. The number of β-amino-alcohol motifs (C(OH)–C–C–N with tert-alkyl or cyclic N) is 1. The van der Waals surface area contributed by atoms with Crippen molar-refractivity contribution < 1.29 is 19.4 Å². The second-order valence-electron chi connectivity index (χ2n) is 6.99. The lowest BCUT2D eigenvalue weighted by Crippen LogP contribution is -2.38. The molecule has 3 amide bonds. The number of halogens is 1. The van der Waals surface area contributed by atoms with Crippen LogP contribution in [0.1, 0.15) is 11.1 Å². The summed E-state index contributed by atoms with van der Waals surface area (Å²) in [7, 11) is 0. The van der Waals surface area contributed by atoms with Crippen LogP contribution in [-0.4, -0.2) is 59.2 Å². The van der Waals surface area contributed by atoms with Gasteiger partial charge >= 0.3 is 6.03 Å². The number of benzene rings is 2. The molecule has 0 bridgehead atoms. The Morgan fingerprint density at radius 1 is 1.14 bits per heavy atom. The standard InChI is InChI=1S/C21H24ClN3O4/c22-17-7-5-15(6-8-17)12-24-9-10-25(21(24)28)13-18(26)14-29-19-4-2-1-3-16(19)11-20(23)27/h1-8,18,26H,9-14H2,(H2,23,27). The Balaban J connectivity index is 1.50. The first-order chi connectivity index (χ1) is 13.9. The molecular formula is C21H24ClN3O4. The van der Waals surface area contributed by atoms with Crippen LogP contribution in [0.15, 0.2) is 48.5 Å². The van der Waals surface area contributed by atoms with E-state index in [-0.39, 0.29) is 25.6 Å². The van der Waals surface area contributed by atoms with Crippen molar-refractivity contribution in [2.24, 2.45) is 5.73 Å². The maximum absolute atomic E-state index is 12.6. The molecule has 0 saturated carbocycles. The number of aliphatic hydroxyl groups excluding tert-OH is 1. The number of nitrogens with two attached hydrogens (primary N) is 1. The van der Waals surface area contributed by atoms with Crippen LogP contribution in [0.4, 0.5) is 4.79 Å². The number of nitrogens with zero attached hydrogens (tertiary/aromatic N) is 2. The van der Waals surface area contributed by atoms with E-state index < -0.39 is 12.0 Å². The van der Waals surface area contributed by atoms with Crippen LogP contribution >= 0.6 is 11.6 Å². The first-order valence-corrected chi connectivity index (χ1v) is 9.75. The van der Waals surface area contributed by atoms with Crippen LogP contribution in [0, 0.1) is 0 Å². The van der Waals surface area contributed by atoms with Crippen LogP contribution < -0.4 is 10.5 Å². The molecular weight excluding hydrogens is 394 g/mol. The predicted molar refractivity (Wildman–Crippen MR) is 110 cm³/mol. The highest BCUT2D eigenvalue weighted by Crippen LogP contribution is 2.19. The normalized spacial score (nSPS) is 14.9. The molecule has 0 spiro atoms. The van der Waals surface area contributed by atoms with E-state index in [1.807, 2.05) is 12.1 Å². The molecule has 1 fully saturated rings. The zero-order chi connectivity index (χ0) is 20.8. The van der Waals surface area contributed by atoms with Gasteiger partial charge in [-0.05, 0) is 23.8 Å². The van der Waals surface area contributed by atoms with Crippen molar-refractivity contribution in [3.63, 3.8) is 0 Å². The van der Waals surface area contributed by atoms with Gasteiger partial charge in [0.25, 0.3) is 0 Å². The minimum absolute atomic E-state index is 0.0107. The number of ether oxygens (including phenoxy) is 1. The van der Waals surface area contributed by atoms with Crippen LogP contribution in [-0.2, 0) is 17.8 Å². The molecule has 0 radical (unpaired) electrons. The topological polar surface area (TPSA) is 96.1 Å². The Kier molecular flexibility index (Phi) is 6.95. The number of hydrogen-bond donors (Lipinski definition) is 2. The third-order valence-corrected chi connectivity index (χ3v) is 4.92. The van der Waals surface area contributed by atoms with Crippen molar-refractivity contribution in [2.45, 2.75) is 19.1 Å². The number of primary amides is 1. The molecule has 2 aromatic rings. The highest BCUT2D eigenvalue weighted by molar-refractivity contribution is 6.30. The molecule has 29 heavy (non-hydrogen) atoms. The van der Waals surface area contributed by atoms with Crippen molar-refractivity contribution in [1.82, 2.24) is 9.80 Å². The van der Waals surface area contributed by atoms with E-state index in [1.54, 1.807) is 46.2 Å². The lowest BCUT2D eigenvalue weighted by atomic mass is 10.1. The van der Waals surface area contributed by atoms with Gasteiger partial charge in [0.1, 0.15) is 18.5 Å². The number of carbonyl (C=O) groups is 2. The summed E-state index contributed by atoms with van der Waals surface area (Å²) in [6.07, 6.45) is -0.785. The molecule has 1 aliphatic rings. The first kappa shape index (κ1) is 21.0. The van der Waals surface area contributed by atoms with E-state index in [9.17, 15) is 14.7 Å². The summed E-state index contributed by atoms with van der Waals surface area (Å²) in [6.45, 7) is 1.82. The molecule has 1 aliphatic heterocycles. The average molecular weight is 418 g/mol. The van der Waals surface area contributed by atoms with E-state index >= 15 is 0 Å². The highest BCUT2D eigenvalue weighted by Gasteiger charge is 2.29. The van der Waals surface area contributed by atoms with Crippen LogP contribution in [0.25, 0.3) is 0 Å². The molecule has 3 rings (SSSR count). The van der Waals surface area contributed by atoms with Gasteiger partial charge in [0.15, 0.2) is 0 Å². The Bertz CT molecular complexity index is 859. The summed E-state index contributed by atoms with van der Waals surface area (Å²) in [6, 6.07) is 14.3. The molecule has 154 valence electrons. The quantitative estimate of drug-likeness (QED) is 0.652. The summed E-state index contributed by atoms with van der Waals surface area (Å²) >= 11 is 5.89. The second-order valence-corrected chi connectivity index (χ2v) is 7.43. The van der Waals surface area contributed by atoms with Crippen LogP contribution in [0.5, 0.6) is 5.75 Å². The molecule has 1 unspecified atom stereocenters. The summed E-state index contributed by atoms with van der Waals surface area (Å²) in [4.78, 5) is 27.1. The van der Waals surface area contributed by atoms with Gasteiger partial charge in [-0.25, -0.2) is 4.79 Å². The van der Waals surface area contributed by atoms with Crippen LogP contribution in [0.3, 0.4) is 0 Å². The van der Waals surface area contributed by atoms with Crippen molar-refractivity contribution in [1.29, 1.82) is 0 Å². The van der Waals surface area contributed by atoms with Gasteiger partial charge in [0.2, 0.25) is 5.91 Å². The maximum Gasteiger partial charge on any atom is 0.320 e. The van der Waals surface area contributed by atoms with E-state index in [2.05, 4.69) is 0 Å². The fraction of sp³-hybridized carbons (Fsp3) is 0.333. The van der Waals surface area contributed by atoms with E-state index in [0.717, 1.165) is 5.56 Å². The van der Waals surface area contributed by atoms with Crippen LogP contribution in [0.2, 0.25) is 5.02 Å². The molecule has 1 atom stereocenters. The molecule has 0 aromatic heterocycles. The zero-order valence-corrected chi connectivity index (χ0v) is 16.7.